The van der Waals surface area contributed by atoms with Gasteiger partial charge in [-0.15, -0.1) is 11.8 Å². The summed E-state index contributed by atoms with van der Waals surface area (Å²) in [4.78, 5) is 10.2. The molecule has 0 saturated carbocycles. The van der Waals surface area contributed by atoms with Gasteiger partial charge in [0.25, 0.3) is 0 Å². The molecular weight excluding hydrogens is 477 g/mol. The van der Waals surface area contributed by atoms with E-state index in [-0.39, 0.29) is 5.75 Å². The van der Waals surface area contributed by atoms with Crippen LogP contribution in [0, 0.1) is 0 Å². The van der Waals surface area contributed by atoms with E-state index in [0.29, 0.717) is 10.2 Å². The number of hydrogen-bond donors (Lipinski definition) is 1. The van der Waals surface area contributed by atoms with Gasteiger partial charge in [-0.05, 0) is 57.9 Å². The minimum absolute atomic E-state index is 0.0893. The zero-order valence-electron chi connectivity index (χ0n) is 11.5. The fourth-order valence-electron chi connectivity index (χ4n) is 1.59. The van der Waals surface area contributed by atoms with E-state index >= 15 is 0 Å². The van der Waals surface area contributed by atoms with Gasteiger partial charge in [-0.1, -0.05) is 22.0 Å². The van der Waals surface area contributed by atoms with Gasteiger partial charge in [0.15, 0.2) is 0 Å². The van der Waals surface area contributed by atoms with Crippen molar-refractivity contribution in [2.45, 2.75) is 16.8 Å². The van der Waals surface area contributed by atoms with Crippen LogP contribution in [0.3, 0.4) is 0 Å². The lowest BCUT2D eigenvalue weighted by Crippen LogP contribution is -2.01. The normalized spacial score (nSPS) is 13.8. The van der Waals surface area contributed by atoms with Gasteiger partial charge in [0.05, 0.1) is 4.47 Å². The van der Waals surface area contributed by atoms with Gasteiger partial charge < -0.3 is 9.42 Å². The molecule has 0 bridgehead atoms. The molecule has 124 valence electrons. The summed E-state index contributed by atoms with van der Waals surface area (Å²) >= 11 is 8.14. The van der Waals surface area contributed by atoms with E-state index in [9.17, 15) is 13.3 Å². The van der Waals surface area contributed by atoms with Crippen molar-refractivity contribution in [2.24, 2.45) is 0 Å². The Balaban J connectivity index is 2.04. The van der Waals surface area contributed by atoms with Crippen LogP contribution in [0.15, 0.2) is 56.3 Å². The zero-order valence-corrected chi connectivity index (χ0v) is 16.3. The molecule has 0 fully saturated rings. The van der Waals surface area contributed by atoms with Crippen LogP contribution in [-0.4, -0.2) is 11.1 Å². The molecule has 9 heteroatoms. The fourth-order valence-corrected chi connectivity index (χ4v) is 3.85. The quantitative estimate of drug-likeness (QED) is 0.384. The van der Waals surface area contributed by atoms with E-state index in [2.05, 4.69) is 36.4 Å². The summed E-state index contributed by atoms with van der Waals surface area (Å²) in [7, 11) is -4.97. The van der Waals surface area contributed by atoms with Crippen molar-refractivity contribution >= 4 is 51.2 Å². The van der Waals surface area contributed by atoms with E-state index in [0.717, 1.165) is 14.9 Å². The minimum atomic E-state index is -4.97. The van der Waals surface area contributed by atoms with E-state index in [1.807, 2.05) is 24.3 Å². The summed E-state index contributed by atoms with van der Waals surface area (Å²) in [6.45, 7) is 0. The van der Waals surface area contributed by atoms with Gasteiger partial charge in [0, 0.05) is 15.1 Å². The maximum atomic E-state index is 12.4. The summed E-state index contributed by atoms with van der Waals surface area (Å²) in [5, 5.41) is 0. The van der Waals surface area contributed by atoms with Gasteiger partial charge >= 0.3 is 13.8 Å². The molecule has 2 rings (SSSR count). The summed E-state index contributed by atoms with van der Waals surface area (Å²) in [6.07, 6.45) is -3.44. The summed E-state index contributed by atoms with van der Waals surface area (Å²) in [6, 6.07) is 12.6. The van der Waals surface area contributed by atoms with Crippen LogP contribution in [0.1, 0.15) is 5.56 Å². The van der Waals surface area contributed by atoms with Crippen LogP contribution in [0.2, 0.25) is 0 Å². The number of thioether (sulfide) groups is 1. The topological polar surface area (TPSA) is 46.5 Å². The monoisotopic (exact) mass is 486 g/mol. The van der Waals surface area contributed by atoms with E-state index in [1.165, 1.54) is 6.07 Å². The number of alkyl halides is 2. The van der Waals surface area contributed by atoms with Crippen LogP contribution in [0.5, 0.6) is 5.75 Å². The molecule has 0 spiro atoms. The molecule has 2 aromatic rings. The first-order valence-electron chi connectivity index (χ1n) is 6.25. The molecule has 23 heavy (non-hydrogen) atoms. The van der Waals surface area contributed by atoms with Crippen LogP contribution >= 0.6 is 51.2 Å². The van der Waals surface area contributed by atoms with E-state index in [4.69, 9.17) is 4.89 Å². The molecule has 3 nitrogen and oxygen atoms in total. The molecule has 0 radical (unpaired) electrons. The van der Waals surface area contributed by atoms with Crippen LogP contribution in [0.4, 0.5) is 8.78 Å². The highest BCUT2D eigenvalue weighted by Gasteiger charge is 2.34. The highest BCUT2D eigenvalue weighted by atomic mass is 79.9. The van der Waals surface area contributed by atoms with Crippen LogP contribution in [0.25, 0.3) is 0 Å². The standard InChI is InChI=1S/C14H11Br2F2O3PS/c15-10-2-4-11(5-3-10)23-8-9-1-6-13(12(16)7-9)21-22(19,20)14(17)18/h1-7,14H,8H2,(H,19,20). The Morgan fingerprint density at radius 1 is 1.17 bits per heavy atom. The van der Waals surface area contributed by atoms with Crippen molar-refractivity contribution in [3.05, 3.63) is 57.0 Å². The van der Waals surface area contributed by atoms with Crippen LogP contribution in [-0.2, 0) is 10.3 Å². The maximum absolute atomic E-state index is 12.4. The van der Waals surface area contributed by atoms with Crippen molar-refractivity contribution < 1.29 is 22.8 Å². The average Bonchev–Trinajstić information content (AvgIpc) is 2.49. The third kappa shape index (κ3) is 5.57. The molecule has 0 aromatic heterocycles. The third-order valence-corrected chi connectivity index (χ3v) is 5.87. The largest absolute Gasteiger partial charge is 0.442 e. The van der Waals surface area contributed by atoms with Crippen LogP contribution < -0.4 is 4.52 Å². The lowest BCUT2D eigenvalue weighted by Gasteiger charge is -2.14. The van der Waals surface area contributed by atoms with Gasteiger partial charge in [-0.2, -0.15) is 8.78 Å². The Morgan fingerprint density at radius 3 is 2.39 bits per heavy atom. The number of halogens is 4. The highest BCUT2D eigenvalue weighted by molar-refractivity contribution is 9.10. The van der Waals surface area contributed by atoms with Gasteiger partial charge in [-0.25, -0.2) is 4.57 Å². The van der Waals surface area contributed by atoms with E-state index in [1.54, 1.807) is 23.9 Å². The Bertz CT molecular complexity index is 728. The van der Waals surface area contributed by atoms with Crippen molar-refractivity contribution in [2.75, 3.05) is 0 Å². The molecule has 2 aromatic carbocycles. The maximum Gasteiger partial charge on any atom is 0.442 e. The first-order valence-corrected chi connectivity index (χ1v) is 10.5. The Labute approximate surface area is 153 Å². The second kappa shape index (κ2) is 8.12. The Kier molecular flexibility index (Phi) is 6.68. The molecule has 0 aliphatic carbocycles. The summed E-state index contributed by atoms with van der Waals surface area (Å²) in [5.41, 5.74) is 0.918. The second-order valence-corrected chi connectivity index (χ2v) is 8.96. The van der Waals surface area contributed by atoms with Crippen molar-refractivity contribution in [1.82, 2.24) is 0 Å². The summed E-state index contributed by atoms with van der Waals surface area (Å²) in [5.74, 6) is 0.570. The molecule has 0 amide bonds. The molecule has 1 N–H and O–H groups in total. The van der Waals surface area contributed by atoms with E-state index < -0.39 is 13.8 Å². The molecule has 0 aliphatic heterocycles. The Hall–Kier alpha value is -0.400. The minimum Gasteiger partial charge on any atom is -0.420 e. The molecule has 0 aliphatic rings. The summed E-state index contributed by atoms with van der Waals surface area (Å²) < 4.78 is 41.9. The number of benzene rings is 2. The lowest BCUT2D eigenvalue weighted by atomic mass is 10.2. The zero-order chi connectivity index (χ0) is 17.0. The van der Waals surface area contributed by atoms with Gasteiger partial charge in [0.1, 0.15) is 5.75 Å². The predicted molar refractivity (Wildman–Crippen MR) is 94.3 cm³/mol. The number of rotatable bonds is 6. The first-order chi connectivity index (χ1) is 10.8. The first kappa shape index (κ1) is 18.9. The van der Waals surface area contributed by atoms with Crippen molar-refractivity contribution in [3.8, 4) is 5.75 Å². The predicted octanol–water partition coefficient (Wildman–Crippen LogP) is 6.29. The molecule has 1 atom stereocenters. The molecule has 1 unspecified atom stereocenters. The average molecular weight is 488 g/mol. The third-order valence-electron chi connectivity index (χ3n) is 2.69. The van der Waals surface area contributed by atoms with Gasteiger partial charge in [-0.3, -0.25) is 0 Å². The second-order valence-electron chi connectivity index (χ2n) is 4.44. The lowest BCUT2D eigenvalue weighted by molar-refractivity contribution is 0.188. The number of hydrogen-bond acceptors (Lipinski definition) is 3. The van der Waals surface area contributed by atoms with Gasteiger partial charge in [0.2, 0.25) is 0 Å². The fraction of sp³-hybridized carbons (Fsp3) is 0.143. The molecule has 0 heterocycles. The Morgan fingerprint density at radius 2 is 1.83 bits per heavy atom. The molecule has 0 saturated heterocycles. The van der Waals surface area contributed by atoms with Crippen molar-refractivity contribution in [3.63, 3.8) is 0 Å². The smallest absolute Gasteiger partial charge is 0.420 e. The molecular formula is C14H11Br2F2O3PS. The SMILES string of the molecule is O=P(O)(Oc1ccc(CSc2ccc(Br)cc2)cc1Br)C(F)F. The van der Waals surface area contributed by atoms with Crippen molar-refractivity contribution in [1.29, 1.82) is 0 Å². The highest BCUT2D eigenvalue weighted by Crippen LogP contribution is 2.50.